The molecule has 0 bridgehead atoms. The Morgan fingerprint density at radius 2 is 1.62 bits per heavy atom. The van der Waals surface area contributed by atoms with Crippen molar-refractivity contribution < 1.29 is 0 Å². The molecule has 0 amide bonds. The third-order valence-electron chi connectivity index (χ3n) is 3.57. The van der Waals surface area contributed by atoms with E-state index in [4.69, 9.17) is 0 Å². The summed E-state index contributed by atoms with van der Waals surface area (Å²) >= 11 is 1.63. The fourth-order valence-electron chi connectivity index (χ4n) is 2.17. The number of hydrogen-bond donors (Lipinski definition) is 2. The van der Waals surface area contributed by atoms with E-state index in [0.29, 0.717) is 17.8 Å². The maximum Gasteiger partial charge on any atom is 0.223 e. The number of benzene rings is 1. The van der Waals surface area contributed by atoms with Crippen LogP contribution in [0.1, 0.15) is 6.92 Å². The molecular formula is C17H20N6S. The van der Waals surface area contributed by atoms with Gasteiger partial charge in [-0.05, 0) is 18.2 Å². The van der Waals surface area contributed by atoms with Crippen molar-refractivity contribution in [2.75, 3.05) is 30.0 Å². The fraction of sp³-hybridized carbons (Fsp3) is 0.294. The third-order valence-corrected chi connectivity index (χ3v) is 4.25. The zero-order valence-electron chi connectivity index (χ0n) is 13.7. The molecule has 1 atom stereocenters. The van der Waals surface area contributed by atoms with Gasteiger partial charge in [-0.15, -0.1) is 11.8 Å². The lowest BCUT2D eigenvalue weighted by atomic mass is 10.2. The van der Waals surface area contributed by atoms with Crippen LogP contribution < -0.4 is 10.6 Å². The Morgan fingerprint density at radius 3 is 2.38 bits per heavy atom. The minimum atomic E-state index is 0.379. The van der Waals surface area contributed by atoms with Gasteiger partial charge in [-0.2, -0.15) is 0 Å². The summed E-state index contributed by atoms with van der Waals surface area (Å²) in [5, 5.41) is 7.58. The highest BCUT2D eigenvalue weighted by atomic mass is 32.2. The molecule has 6 nitrogen and oxygen atoms in total. The number of rotatable bonds is 7. The van der Waals surface area contributed by atoms with Crippen LogP contribution in [0.15, 0.2) is 47.8 Å². The first-order valence-corrected chi connectivity index (χ1v) is 9.02. The molecule has 0 spiro atoms. The Hall–Kier alpha value is -2.41. The number of para-hydroxylation sites is 1. The van der Waals surface area contributed by atoms with Crippen molar-refractivity contribution in [3.63, 3.8) is 0 Å². The van der Waals surface area contributed by atoms with E-state index in [1.165, 1.54) is 0 Å². The summed E-state index contributed by atoms with van der Waals surface area (Å²) in [6, 6.07) is 7.96. The number of aromatic nitrogens is 4. The van der Waals surface area contributed by atoms with E-state index in [0.717, 1.165) is 28.9 Å². The Labute approximate surface area is 145 Å². The van der Waals surface area contributed by atoms with Gasteiger partial charge in [-0.25, -0.2) is 19.9 Å². The number of hydrogen-bond acceptors (Lipinski definition) is 7. The molecule has 2 heterocycles. The summed E-state index contributed by atoms with van der Waals surface area (Å²) in [6.45, 7) is 3.70. The fourth-order valence-corrected chi connectivity index (χ4v) is 2.49. The van der Waals surface area contributed by atoms with E-state index in [-0.39, 0.29) is 0 Å². The predicted octanol–water partition coefficient (Wildman–Crippen LogP) is 3.30. The smallest absolute Gasteiger partial charge is 0.223 e. The lowest BCUT2D eigenvalue weighted by molar-refractivity contribution is 0.643. The summed E-state index contributed by atoms with van der Waals surface area (Å²) in [6.07, 6.45) is 7.50. The second kappa shape index (κ2) is 7.92. The molecule has 0 radical (unpaired) electrons. The molecule has 1 aromatic carbocycles. The molecule has 3 aromatic rings. The summed E-state index contributed by atoms with van der Waals surface area (Å²) < 4.78 is 0. The maximum absolute atomic E-state index is 4.51. The second-order valence-electron chi connectivity index (χ2n) is 5.57. The molecule has 24 heavy (non-hydrogen) atoms. The second-order valence-corrected chi connectivity index (χ2v) is 6.45. The van der Waals surface area contributed by atoms with Crippen LogP contribution in [-0.4, -0.2) is 39.3 Å². The van der Waals surface area contributed by atoms with E-state index < -0.39 is 0 Å². The summed E-state index contributed by atoms with van der Waals surface area (Å²) in [5.74, 6) is 1.69. The zero-order chi connectivity index (χ0) is 16.8. The van der Waals surface area contributed by atoms with Crippen molar-refractivity contribution in [3.05, 3.63) is 42.9 Å². The summed E-state index contributed by atoms with van der Waals surface area (Å²) in [5.41, 5.74) is 0.947. The van der Waals surface area contributed by atoms with Crippen LogP contribution in [0.5, 0.6) is 0 Å². The van der Waals surface area contributed by atoms with Gasteiger partial charge in [0.25, 0.3) is 0 Å². The highest BCUT2D eigenvalue weighted by molar-refractivity contribution is 7.98. The quantitative estimate of drug-likeness (QED) is 0.639. The average Bonchev–Trinajstić information content (AvgIpc) is 2.65. The van der Waals surface area contributed by atoms with Crippen molar-refractivity contribution in [1.29, 1.82) is 0 Å². The van der Waals surface area contributed by atoms with Gasteiger partial charge in [0.2, 0.25) is 11.9 Å². The molecule has 7 heteroatoms. The van der Waals surface area contributed by atoms with E-state index >= 15 is 0 Å². The minimum absolute atomic E-state index is 0.379. The van der Waals surface area contributed by atoms with E-state index in [1.54, 1.807) is 11.8 Å². The number of anilines is 2. The Balaban J connectivity index is 1.49. The van der Waals surface area contributed by atoms with Crippen LogP contribution >= 0.6 is 11.8 Å². The number of thioether (sulfide) groups is 1. The van der Waals surface area contributed by atoms with Gasteiger partial charge in [0, 0.05) is 42.0 Å². The molecule has 0 fully saturated rings. The maximum atomic E-state index is 4.51. The van der Waals surface area contributed by atoms with Gasteiger partial charge < -0.3 is 10.6 Å². The van der Waals surface area contributed by atoms with Gasteiger partial charge in [-0.1, -0.05) is 25.1 Å². The SMILES string of the molecule is CSc1cnc(NCC(C)CNc2ncc3ccccc3n2)nc1. The number of fused-ring (bicyclic) bond motifs is 1. The van der Waals surface area contributed by atoms with E-state index in [2.05, 4.69) is 37.5 Å². The standard InChI is InChI=1S/C17H20N6S/c1-12(7-18-16-21-10-14(24-2)11-22-16)8-19-17-20-9-13-5-3-4-6-15(13)23-17/h3-6,9-12H,7-8H2,1-2H3,(H,18,21,22)(H,19,20,23). The van der Waals surface area contributed by atoms with Crippen LogP contribution in [0.4, 0.5) is 11.9 Å². The van der Waals surface area contributed by atoms with Crippen LogP contribution in [0.2, 0.25) is 0 Å². The monoisotopic (exact) mass is 340 g/mol. The molecule has 124 valence electrons. The van der Waals surface area contributed by atoms with E-state index in [9.17, 15) is 0 Å². The number of nitrogens with one attached hydrogen (secondary N) is 2. The summed E-state index contributed by atoms with van der Waals surface area (Å²) in [4.78, 5) is 18.5. The highest BCUT2D eigenvalue weighted by Gasteiger charge is 2.05. The molecule has 2 aromatic heterocycles. The average molecular weight is 340 g/mol. The van der Waals surface area contributed by atoms with E-state index in [1.807, 2.05) is 49.1 Å². The van der Waals surface area contributed by atoms with Crippen LogP contribution in [-0.2, 0) is 0 Å². The van der Waals surface area contributed by atoms with Gasteiger partial charge in [0.1, 0.15) is 0 Å². The van der Waals surface area contributed by atoms with Gasteiger partial charge in [-0.3, -0.25) is 0 Å². The van der Waals surface area contributed by atoms with Crippen molar-refractivity contribution >= 4 is 34.6 Å². The zero-order valence-corrected chi connectivity index (χ0v) is 14.5. The lowest BCUT2D eigenvalue weighted by Gasteiger charge is -2.13. The first-order chi connectivity index (χ1) is 11.7. The Morgan fingerprint density at radius 1 is 0.958 bits per heavy atom. The van der Waals surface area contributed by atoms with Crippen molar-refractivity contribution in [3.8, 4) is 0 Å². The molecule has 0 aliphatic carbocycles. The minimum Gasteiger partial charge on any atom is -0.354 e. The lowest BCUT2D eigenvalue weighted by Crippen LogP contribution is -2.21. The Kier molecular flexibility index (Phi) is 5.43. The van der Waals surface area contributed by atoms with Gasteiger partial charge in [0.15, 0.2) is 0 Å². The first-order valence-electron chi connectivity index (χ1n) is 7.80. The van der Waals surface area contributed by atoms with Crippen LogP contribution in [0, 0.1) is 5.92 Å². The third kappa shape index (κ3) is 4.32. The predicted molar refractivity (Wildman–Crippen MR) is 99.5 cm³/mol. The highest BCUT2D eigenvalue weighted by Crippen LogP contribution is 2.13. The number of nitrogens with zero attached hydrogens (tertiary/aromatic N) is 4. The van der Waals surface area contributed by atoms with Crippen LogP contribution in [0.25, 0.3) is 10.9 Å². The van der Waals surface area contributed by atoms with Gasteiger partial charge >= 0.3 is 0 Å². The molecular weight excluding hydrogens is 320 g/mol. The molecule has 0 saturated heterocycles. The Bertz CT molecular complexity index is 792. The van der Waals surface area contributed by atoms with Crippen molar-refractivity contribution in [2.45, 2.75) is 11.8 Å². The van der Waals surface area contributed by atoms with Crippen molar-refractivity contribution in [2.24, 2.45) is 5.92 Å². The van der Waals surface area contributed by atoms with Crippen LogP contribution in [0.3, 0.4) is 0 Å². The normalized spacial score (nSPS) is 12.1. The molecule has 1 unspecified atom stereocenters. The molecule has 0 saturated carbocycles. The molecule has 0 aliphatic rings. The summed E-state index contributed by atoms with van der Waals surface area (Å²) in [7, 11) is 0. The largest absolute Gasteiger partial charge is 0.354 e. The van der Waals surface area contributed by atoms with Crippen molar-refractivity contribution in [1.82, 2.24) is 19.9 Å². The topological polar surface area (TPSA) is 75.6 Å². The molecule has 0 aliphatic heterocycles. The molecule has 3 rings (SSSR count). The first kappa shape index (κ1) is 16.4. The van der Waals surface area contributed by atoms with Gasteiger partial charge in [0.05, 0.1) is 5.52 Å². The molecule has 2 N–H and O–H groups in total.